The van der Waals surface area contributed by atoms with Crippen molar-refractivity contribution in [3.8, 4) is 17.2 Å². The number of anilines is 1. The van der Waals surface area contributed by atoms with E-state index in [0.29, 0.717) is 24.5 Å². The van der Waals surface area contributed by atoms with Crippen molar-refractivity contribution in [2.24, 2.45) is 0 Å². The molecule has 0 saturated heterocycles. The monoisotopic (exact) mass is 646 g/mol. The molecule has 2 aliphatic rings. The molecule has 2 atom stereocenters. The Labute approximate surface area is 251 Å². The molecular weight excluding hydrogens is 608 g/mol. The smallest absolute Gasteiger partial charge is 0.414 e. The Kier molecular flexibility index (Phi) is 9.10. The van der Waals surface area contributed by atoms with Crippen LogP contribution in [0.3, 0.4) is 0 Å². The first-order valence-electron chi connectivity index (χ1n) is 13.6. The third-order valence-electron chi connectivity index (χ3n) is 8.10. The van der Waals surface area contributed by atoms with Crippen LogP contribution in [0.2, 0.25) is 18.1 Å². The van der Waals surface area contributed by atoms with Gasteiger partial charge in [-0.05, 0) is 60.3 Å². The maximum atomic E-state index is 14.2. The second-order valence-corrected chi connectivity index (χ2v) is 17.2. The molecule has 0 aromatic heterocycles. The van der Waals surface area contributed by atoms with Crippen molar-refractivity contribution in [2.45, 2.75) is 64.0 Å². The highest BCUT2D eigenvalue weighted by Crippen LogP contribution is 2.46. The minimum atomic E-state index is -2.52. The molecule has 2 aromatic rings. The lowest BCUT2D eigenvalue weighted by molar-refractivity contribution is 0.0605. The number of carboxylic acid groups (broad SMARTS) is 1. The molecular formula is C30H39BrN2O7Si. The first kappa shape index (κ1) is 30.9. The van der Waals surface area contributed by atoms with Gasteiger partial charge in [-0.15, -0.1) is 0 Å². The van der Waals surface area contributed by atoms with Crippen LogP contribution in [0.5, 0.6) is 17.2 Å². The summed E-state index contributed by atoms with van der Waals surface area (Å²) in [5.41, 5.74) is 2.25. The van der Waals surface area contributed by atoms with Crippen molar-refractivity contribution in [1.29, 1.82) is 0 Å². The standard InChI is InChI=1S/C30H39BrN2O7Si/c1-30(2,3)41(6,7)40-28-24-15-20(19-9-11-21(37-4)12-10-19)18-32(24)27(34)22-16-25(38-5)26(39-14-8-13-31)17-23(22)33(28)29(35)36/h9-12,16-18,24,28H,8,13-15H2,1-7H3,(H,35,36). The molecule has 2 heterocycles. The fourth-order valence-corrected chi connectivity index (χ4v) is 6.23. The van der Waals surface area contributed by atoms with Crippen LogP contribution < -0.4 is 19.1 Å². The van der Waals surface area contributed by atoms with Crippen molar-refractivity contribution < 1.29 is 33.3 Å². The number of benzene rings is 2. The first-order chi connectivity index (χ1) is 19.3. The van der Waals surface area contributed by atoms with E-state index in [1.165, 1.54) is 12.0 Å². The van der Waals surface area contributed by atoms with Crippen LogP contribution in [-0.2, 0) is 4.43 Å². The normalized spacial score (nSPS) is 18.8. The molecule has 0 saturated carbocycles. The summed E-state index contributed by atoms with van der Waals surface area (Å²) < 4.78 is 23.7. The van der Waals surface area contributed by atoms with Gasteiger partial charge in [0, 0.05) is 17.6 Å². The lowest BCUT2D eigenvalue weighted by atomic mass is 10.0. The summed E-state index contributed by atoms with van der Waals surface area (Å²) in [6, 6.07) is 10.2. The van der Waals surface area contributed by atoms with Gasteiger partial charge in [-0.3, -0.25) is 4.79 Å². The van der Waals surface area contributed by atoms with E-state index in [1.807, 2.05) is 30.5 Å². The summed E-state index contributed by atoms with van der Waals surface area (Å²) >= 11 is 3.40. The molecule has 11 heteroatoms. The third kappa shape index (κ3) is 6.12. The molecule has 2 aromatic carbocycles. The Morgan fingerprint density at radius 3 is 2.34 bits per heavy atom. The zero-order chi connectivity index (χ0) is 30.1. The number of nitrogens with zero attached hydrogens (tertiary/aromatic N) is 2. The number of methoxy groups -OCH3 is 2. The van der Waals surface area contributed by atoms with E-state index in [4.69, 9.17) is 18.6 Å². The van der Waals surface area contributed by atoms with Gasteiger partial charge in [0.1, 0.15) is 5.75 Å². The average Bonchev–Trinajstić information content (AvgIpc) is 3.34. The molecule has 1 N–H and O–H groups in total. The number of carbonyl (C=O) groups is 2. The van der Waals surface area contributed by atoms with E-state index in [1.54, 1.807) is 24.1 Å². The Bertz CT molecular complexity index is 1320. The van der Waals surface area contributed by atoms with Crippen molar-refractivity contribution in [3.63, 3.8) is 0 Å². The largest absolute Gasteiger partial charge is 0.497 e. The number of rotatable bonds is 9. The molecule has 41 heavy (non-hydrogen) atoms. The molecule has 0 radical (unpaired) electrons. The Hall–Kier alpha value is -3.02. The van der Waals surface area contributed by atoms with E-state index in [0.717, 1.165) is 28.6 Å². The van der Waals surface area contributed by atoms with Gasteiger partial charge >= 0.3 is 6.09 Å². The number of hydrogen-bond donors (Lipinski definition) is 1. The molecule has 0 bridgehead atoms. The average molecular weight is 648 g/mol. The molecule has 0 aliphatic carbocycles. The summed E-state index contributed by atoms with van der Waals surface area (Å²) in [6.07, 6.45) is 0.821. The molecule has 2 aliphatic heterocycles. The maximum Gasteiger partial charge on any atom is 0.414 e. The highest BCUT2D eigenvalue weighted by molar-refractivity contribution is 9.09. The summed E-state index contributed by atoms with van der Waals surface area (Å²) in [5, 5.41) is 11.2. The van der Waals surface area contributed by atoms with Crippen LogP contribution in [0, 0.1) is 0 Å². The van der Waals surface area contributed by atoms with Crippen molar-refractivity contribution in [3.05, 3.63) is 53.7 Å². The highest BCUT2D eigenvalue weighted by Gasteiger charge is 2.50. The number of amides is 2. The zero-order valence-corrected chi connectivity index (χ0v) is 27.3. The Morgan fingerprint density at radius 1 is 1.10 bits per heavy atom. The summed E-state index contributed by atoms with van der Waals surface area (Å²) in [7, 11) is 0.589. The number of halogens is 1. The summed E-state index contributed by atoms with van der Waals surface area (Å²) in [5.74, 6) is 1.13. The first-order valence-corrected chi connectivity index (χ1v) is 17.6. The van der Waals surface area contributed by atoms with Crippen LogP contribution in [0.15, 0.2) is 42.6 Å². The number of hydrogen-bond acceptors (Lipinski definition) is 6. The van der Waals surface area contributed by atoms with Crippen LogP contribution in [-0.4, -0.2) is 68.8 Å². The predicted octanol–water partition coefficient (Wildman–Crippen LogP) is 6.97. The van der Waals surface area contributed by atoms with Crippen LogP contribution in [0.4, 0.5) is 10.5 Å². The van der Waals surface area contributed by atoms with Crippen molar-refractivity contribution in [2.75, 3.05) is 31.1 Å². The Morgan fingerprint density at radius 2 is 1.78 bits per heavy atom. The second-order valence-electron chi connectivity index (χ2n) is 11.7. The summed E-state index contributed by atoms with van der Waals surface area (Å²) in [6.45, 7) is 10.9. The van der Waals surface area contributed by atoms with Gasteiger partial charge in [-0.2, -0.15) is 0 Å². The van der Waals surface area contributed by atoms with Gasteiger partial charge < -0.3 is 28.6 Å². The minimum Gasteiger partial charge on any atom is -0.497 e. The molecule has 0 spiro atoms. The maximum absolute atomic E-state index is 14.2. The predicted molar refractivity (Wildman–Crippen MR) is 165 cm³/mol. The second kappa shape index (κ2) is 12.1. The van der Waals surface area contributed by atoms with Crippen LogP contribution >= 0.6 is 15.9 Å². The lowest BCUT2D eigenvalue weighted by Crippen LogP contribution is -2.57. The lowest BCUT2D eigenvalue weighted by Gasteiger charge is -2.44. The molecule has 222 valence electrons. The molecule has 2 unspecified atom stereocenters. The number of carbonyl (C=O) groups excluding carboxylic acids is 1. The van der Waals surface area contributed by atoms with E-state index in [9.17, 15) is 14.7 Å². The van der Waals surface area contributed by atoms with E-state index < -0.39 is 26.7 Å². The fourth-order valence-electron chi connectivity index (χ4n) is 4.78. The number of alkyl halides is 1. The minimum absolute atomic E-state index is 0.199. The van der Waals surface area contributed by atoms with Crippen LogP contribution in [0.25, 0.3) is 5.57 Å². The molecule has 2 amide bonds. The quantitative estimate of drug-likeness (QED) is 0.178. The van der Waals surface area contributed by atoms with Gasteiger partial charge in [0.2, 0.25) is 0 Å². The van der Waals surface area contributed by atoms with E-state index >= 15 is 0 Å². The fraction of sp³-hybridized carbons (Fsp3) is 0.467. The van der Waals surface area contributed by atoms with Gasteiger partial charge in [-0.25, -0.2) is 9.69 Å². The number of ether oxygens (including phenoxy) is 3. The summed E-state index contributed by atoms with van der Waals surface area (Å²) in [4.78, 5) is 30.1. The third-order valence-corrected chi connectivity index (χ3v) is 13.1. The van der Waals surface area contributed by atoms with Crippen molar-refractivity contribution in [1.82, 2.24) is 4.90 Å². The molecule has 4 rings (SSSR count). The van der Waals surface area contributed by atoms with Gasteiger partial charge in [0.05, 0.1) is 38.1 Å². The van der Waals surface area contributed by atoms with Gasteiger partial charge in [0.25, 0.3) is 5.91 Å². The number of fused-ring (bicyclic) bond motifs is 2. The topological polar surface area (TPSA) is 97.8 Å². The molecule has 9 nitrogen and oxygen atoms in total. The SMILES string of the molecule is COc1ccc(C2=CN3C(=O)c4cc(OC)c(OCCCBr)cc4N(C(=O)O)C(O[Si](C)(C)C(C)(C)C)C3C2)cc1. The van der Waals surface area contributed by atoms with Crippen LogP contribution in [0.1, 0.15) is 49.5 Å². The van der Waals surface area contributed by atoms with Crippen molar-refractivity contribution >= 4 is 47.5 Å². The van der Waals surface area contributed by atoms with Gasteiger partial charge in [-0.1, -0.05) is 48.8 Å². The zero-order valence-electron chi connectivity index (χ0n) is 24.7. The van der Waals surface area contributed by atoms with E-state index in [2.05, 4.69) is 49.8 Å². The Balaban J connectivity index is 1.89. The molecule has 0 fully saturated rings. The van der Waals surface area contributed by atoms with E-state index in [-0.39, 0.29) is 22.2 Å². The van der Waals surface area contributed by atoms with Gasteiger partial charge in [0.15, 0.2) is 26.0 Å². The highest BCUT2D eigenvalue weighted by atomic mass is 79.9.